The molecule has 23 heavy (non-hydrogen) atoms. The SMILES string of the molecule is O=c1ccn(Cc2ccoc2)cc1C(O)c1c(Cl)cccc1Cl. The maximum Gasteiger partial charge on any atom is 0.187 e. The fourth-order valence-electron chi connectivity index (χ4n) is 2.37. The second kappa shape index (κ2) is 6.62. The summed E-state index contributed by atoms with van der Waals surface area (Å²) in [7, 11) is 0. The molecule has 0 amide bonds. The van der Waals surface area contributed by atoms with Gasteiger partial charge in [-0.25, -0.2) is 0 Å². The summed E-state index contributed by atoms with van der Waals surface area (Å²) in [4.78, 5) is 12.1. The molecule has 0 aliphatic rings. The summed E-state index contributed by atoms with van der Waals surface area (Å²) in [5, 5.41) is 11.2. The highest BCUT2D eigenvalue weighted by atomic mass is 35.5. The van der Waals surface area contributed by atoms with Gasteiger partial charge in [0.2, 0.25) is 0 Å². The monoisotopic (exact) mass is 349 g/mol. The molecule has 0 fully saturated rings. The van der Waals surface area contributed by atoms with Crippen LogP contribution in [-0.4, -0.2) is 9.67 Å². The van der Waals surface area contributed by atoms with E-state index in [2.05, 4.69) is 0 Å². The first-order valence-corrected chi connectivity index (χ1v) is 7.65. The molecule has 0 bridgehead atoms. The zero-order valence-corrected chi connectivity index (χ0v) is 13.5. The largest absolute Gasteiger partial charge is 0.472 e. The first kappa shape index (κ1) is 15.9. The van der Waals surface area contributed by atoms with Crippen molar-refractivity contribution in [2.24, 2.45) is 0 Å². The molecule has 0 spiro atoms. The lowest BCUT2D eigenvalue weighted by Crippen LogP contribution is -2.17. The second-order valence-corrected chi connectivity index (χ2v) is 5.92. The van der Waals surface area contributed by atoms with E-state index in [0.29, 0.717) is 22.2 Å². The molecule has 0 aliphatic heterocycles. The van der Waals surface area contributed by atoms with Gasteiger partial charge in [0, 0.05) is 45.2 Å². The Morgan fingerprint density at radius 2 is 1.91 bits per heavy atom. The Hall–Kier alpha value is -2.01. The van der Waals surface area contributed by atoms with Gasteiger partial charge in [-0.1, -0.05) is 29.3 Å². The zero-order valence-electron chi connectivity index (χ0n) is 11.9. The fourth-order valence-corrected chi connectivity index (χ4v) is 2.97. The Morgan fingerprint density at radius 1 is 1.17 bits per heavy atom. The number of halogens is 2. The average Bonchev–Trinajstić information content (AvgIpc) is 3.02. The fraction of sp³-hybridized carbons (Fsp3) is 0.118. The van der Waals surface area contributed by atoms with Crippen molar-refractivity contribution >= 4 is 23.2 Å². The number of hydrogen-bond acceptors (Lipinski definition) is 3. The van der Waals surface area contributed by atoms with E-state index in [4.69, 9.17) is 27.6 Å². The first-order chi connectivity index (χ1) is 11.1. The molecule has 1 atom stereocenters. The van der Waals surface area contributed by atoms with E-state index >= 15 is 0 Å². The molecule has 3 rings (SSSR count). The van der Waals surface area contributed by atoms with Gasteiger partial charge in [0.05, 0.1) is 19.1 Å². The van der Waals surface area contributed by atoms with Crippen molar-refractivity contribution < 1.29 is 9.52 Å². The summed E-state index contributed by atoms with van der Waals surface area (Å²) in [6.45, 7) is 0.521. The lowest BCUT2D eigenvalue weighted by Gasteiger charge is -2.16. The summed E-state index contributed by atoms with van der Waals surface area (Å²) in [5.74, 6) is 0. The van der Waals surface area contributed by atoms with Gasteiger partial charge in [-0.2, -0.15) is 0 Å². The third kappa shape index (κ3) is 3.34. The molecule has 1 aromatic carbocycles. The molecule has 2 heterocycles. The molecule has 3 aromatic rings. The van der Waals surface area contributed by atoms with E-state index in [1.54, 1.807) is 47.7 Å². The minimum atomic E-state index is -1.19. The van der Waals surface area contributed by atoms with Crippen LogP contribution in [0, 0.1) is 0 Å². The number of aromatic nitrogens is 1. The zero-order chi connectivity index (χ0) is 16.4. The lowest BCUT2D eigenvalue weighted by atomic mass is 10.0. The van der Waals surface area contributed by atoms with Crippen molar-refractivity contribution in [2.75, 3.05) is 0 Å². The van der Waals surface area contributed by atoms with Gasteiger partial charge in [-0.05, 0) is 18.2 Å². The van der Waals surface area contributed by atoms with E-state index in [0.717, 1.165) is 5.56 Å². The van der Waals surface area contributed by atoms with Crippen molar-refractivity contribution in [1.82, 2.24) is 4.57 Å². The van der Waals surface area contributed by atoms with Crippen LogP contribution >= 0.6 is 23.2 Å². The lowest BCUT2D eigenvalue weighted by molar-refractivity contribution is 0.218. The molecular weight excluding hydrogens is 337 g/mol. The Labute approximate surface area is 142 Å². The number of pyridine rings is 1. The molecule has 1 unspecified atom stereocenters. The Balaban J connectivity index is 2.00. The predicted octanol–water partition coefficient (Wildman–Crippen LogP) is 3.88. The van der Waals surface area contributed by atoms with Gasteiger partial charge in [-0.15, -0.1) is 0 Å². The highest BCUT2D eigenvalue weighted by Gasteiger charge is 2.20. The van der Waals surface area contributed by atoms with E-state index in [9.17, 15) is 9.90 Å². The van der Waals surface area contributed by atoms with Crippen molar-refractivity contribution in [2.45, 2.75) is 12.6 Å². The molecule has 6 heteroatoms. The van der Waals surface area contributed by atoms with E-state index < -0.39 is 6.10 Å². The molecular formula is C17H13Cl2NO3. The van der Waals surface area contributed by atoms with E-state index in [1.165, 1.54) is 6.07 Å². The minimum absolute atomic E-state index is 0.214. The molecule has 1 N–H and O–H groups in total. The number of aliphatic hydroxyl groups is 1. The molecule has 2 aromatic heterocycles. The third-order valence-electron chi connectivity index (χ3n) is 3.52. The third-order valence-corrected chi connectivity index (χ3v) is 4.18. The van der Waals surface area contributed by atoms with Crippen LogP contribution in [0.25, 0.3) is 0 Å². The minimum Gasteiger partial charge on any atom is -0.472 e. The molecule has 0 saturated carbocycles. The van der Waals surface area contributed by atoms with Crippen LogP contribution in [-0.2, 0) is 6.54 Å². The normalized spacial score (nSPS) is 12.3. The summed E-state index contributed by atoms with van der Waals surface area (Å²) >= 11 is 12.2. The van der Waals surface area contributed by atoms with Crippen LogP contribution in [0.2, 0.25) is 10.0 Å². The van der Waals surface area contributed by atoms with Gasteiger partial charge >= 0.3 is 0 Å². The van der Waals surface area contributed by atoms with Crippen LogP contribution in [0.3, 0.4) is 0 Å². The van der Waals surface area contributed by atoms with Gasteiger partial charge in [0.1, 0.15) is 6.10 Å². The quantitative estimate of drug-likeness (QED) is 0.777. The summed E-state index contributed by atoms with van der Waals surface area (Å²) in [5.41, 5.74) is 1.21. The predicted molar refractivity (Wildman–Crippen MR) is 89.0 cm³/mol. The summed E-state index contributed by atoms with van der Waals surface area (Å²) in [6, 6.07) is 8.17. The highest BCUT2D eigenvalue weighted by Crippen LogP contribution is 2.32. The van der Waals surface area contributed by atoms with Crippen LogP contribution in [0.4, 0.5) is 0 Å². The van der Waals surface area contributed by atoms with Crippen molar-refractivity contribution in [3.8, 4) is 0 Å². The van der Waals surface area contributed by atoms with Crippen molar-refractivity contribution in [3.63, 3.8) is 0 Å². The number of benzene rings is 1. The maximum absolute atomic E-state index is 12.1. The summed E-state index contributed by atoms with van der Waals surface area (Å²) < 4.78 is 6.82. The van der Waals surface area contributed by atoms with Crippen LogP contribution < -0.4 is 5.43 Å². The van der Waals surface area contributed by atoms with Gasteiger partial charge in [0.15, 0.2) is 5.43 Å². The Kier molecular flexibility index (Phi) is 4.57. The van der Waals surface area contributed by atoms with Gasteiger partial charge in [-0.3, -0.25) is 4.79 Å². The van der Waals surface area contributed by atoms with Crippen LogP contribution in [0.1, 0.15) is 22.8 Å². The standard InChI is InChI=1S/C17H13Cl2NO3/c18-13-2-1-3-14(19)16(13)17(22)12-9-20(6-4-15(12)21)8-11-5-7-23-10-11/h1-7,9-10,17,22H,8H2. The van der Waals surface area contributed by atoms with Crippen molar-refractivity contribution in [1.29, 1.82) is 0 Å². The second-order valence-electron chi connectivity index (χ2n) is 5.11. The molecule has 0 radical (unpaired) electrons. The van der Waals surface area contributed by atoms with Gasteiger partial charge < -0.3 is 14.1 Å². The van der Waals surface area contributed by atoms with E-state index in [-0.39, 0.29) is 11.0 Å². The molecule has 4 nitrogen and oxygen atoms in total. The van der Waals surface area contributed by atoms with Crippen LogP contribution in [0.5, 0.6) is 0 Å². The average molecular weight is 350 g/mol. The highest BCUT2D eigenvalue weighted by molar-refractivity contribution is 6.36. The smallest absolute Gasteiger partial charge is 0.187 e. The van der Waals surface area contributed by atoms with E-state index in [1.807, 2.05) is 6.07 Å². The number of furan rings is 1. The number of nitrogens with zero attached hydrogens (tertiary/aromatic N) is 1. The van der Waals surface area contributed by atoms with Gasteiger partial charge in [0.25, 0.3) is 0 Å². The number of hydrogen-bond donors (Lipinski definition) is 1. The Bertz CT molecular complexity index is 852. The topological polar surface area (TPSA) is 55.4 Å². The molecule has 0 saturated heterocycles. The maximum atomic E-state index is 12.1. The Morgan fingerprint density at radius 3 is 2.57 bits per heavy atom. The first-order valence-electron chi connectivity index (χ1n) is 6.89. The summed E-state index contributed by atoms with van der Waals surface area (Å²) in [6.07, 6.45) is 5.26. The van der Waals surface area contributed by atoms with Crippen LogP contribution in [0.15, 0.2) is 64.5 Å². The molecule has 0 aliphatic carbocycles. The van der Waals surface area contributed by atoms with Crippen molar-refractivity contribution in [3.05, 3.63) is 92.2 Å². The number of aliphatic hydroxyl groups excluding tert-OH is 1. The molecule has 118 valence electrons. The number of rotatable bonds is 4.